The molecule has 1 aliphatic heterocycles. The summed E-state index contributed by atoms with van der Waals surface area (Å²) < 4.78 is 26.2. The molecule has 27 heavy (non-hydrogen) atoms. The number of rotatable bonds is 7. The first-order chi connectivity index (χ1) is 12.2. The Kier molecular flexibility index (Phi) is 11.9. The minimum Gasteiger partial charge on any atom is -0.480 e. The maximum Gasteiger partial charge on any atom is 0.323 e. The molecule has 0 spiro atoms. The fourth-order valence-corrected chi connectivity index (χ4v) is 2.86. The lowest BCUT2D eigenvalue weighted by molar-refractivity contribution is -0.147. The molecule has 0 unspecified atom stereocenters. The molecule has 0 radical (unpaired) electrons. The van der Waals surface area contributed by atoms with Gasteiger partial charge in [-0.3, -0.25) is 9.59 Å². The van der Waals surface area contributed by atoms with Crippen LogP contribution in [0.3, 0.4) is 0 Å². The van der Waals surface area contributed by atoms with Crippen molar-refractivity contribution >= 4 is 34.2 Å². The first kappa shape index (κ1) is 25.3. The molecular formula is C17H27ClN2O6S. The fraction of sp³-hybridized carbons (Fsp3) is 0.529. The van der Waals surface area contributed by atoms with Crippen molar-refractivity contribution in [3.05, 3.63) is 35.9 Å². The van der Waals surface area contributed by atoms with Gasteiger partial charge in [-0.1, -0.05) is 30.3 Å². The molecule has 0 saturated carbocycles. The van der Waals surface area contributed by atoms with Crippen molar-refractivity contribution in [1.82, 2.24) is 5.32 Å². The summed E-state index contributed by atoms with van der Waals surface area (Å²) >= 11 is 0. The molecule has 1 heterocycles. The molecule has 1 fully saturated rings. The van der Waals surface area contributed by atoms with Gasteiger partial charge in [0, 0.05) is 6.26 Å². The third-order valence-electron chi connectivity index (χ3n) is 3.69. The lowest BCUT2D eigenvalue weighted by Crippen LogP contribution is -2.32. The summed E-state index contributed by atoms with van der Waals surface area (Å²) in [5.74, 6) is -1.48. The summed E-state index contributed by atoms with van der Waals surface area (Å²) in [4.78, 5) is 21.6. The van der Waals surface area contributed by atoms with Crippen molar-refractivity contribution in [2.24, 2.45) is 5.73 Å². The number of carboxylic acid groups (broad SMARTS) is 1. The van der Waals surface area contributed by atoms with E-state index in [-0.39, 0.29) is 36.6 Å². The monoisotopic (exact) mass is 422 g/mol. The zero-order chi connectivity index (χ0) is 19.6. The number of benzene rings is 1. The zero-order valence-corrected chi connectivity index (χ0v) is 16.8. The highest BCUT2D eigenvalue weighted by Crippen LogP contribution is 2.08. The Bertz CT molecular complexity index is 678. The maximum atomic E-state index is 11.5. The zero-order valence-electron chi connectivity index (χ0n) is 15.2. The Balaban J connectivity index is 0.000000509. The molecule has 2 rings (SSSR count). The number of ether oxygens (including phenoxy) is 1. The molecule has 1 saturated heterocycles. The van der Waals surface area contributed by atoms with E-state index in [9.17, 15) is 18.0 Å². The van der Waals surface area contributed by atoms with Crippen molar-refractivity contribution in [3.63, 3.8) is 0 Å². The summed E-state index contributed by atoms with van der Waals surface area (Å²) in [6, 6.07) is 8.57. The first-order valence-electron chi connectivity index (χ1n) is 8.29. The number of carboxylic acids is 1. The van der Waals surface area contributed by atoms with Crippen LogP contribution in [0.5, 0.6) is 0 Å². The number of hydrogen-bond acceptors (Lipinski definition) is 7. The predicted octanol–water partition coefficient (Wildman–Crippen LogP) is 0.737. The number of carbonyl (C=O) groups excluding carboxylic acids is 1. The van der Waals surface area contributed by atoms with Gasteiger partial charge in [-0.05, 0) is 31.4 Å². The lowest BCUT2D eigenvalue weighted by atomic mass is 10.2. The quantitative estimate of drug-likeness (QED) is 0.547. The van der Waals surface area contributed by atoms with Crippen molar-refractivity contribution < 1.29 is 27.9 Å². The Morgan fingerprint density at radius 3 is 2.44 bits per heavy atom. The normalized spacial score (nSPS) is 17.0. The maximum absolute atomic E-state index is 11.5. The summed E-state index contributed by atoms with van der Waals surface area (Å²) in [5, 5.41) is 11.4. The number of aliphatic carboxylic acids is 1. The molecule has 0 aliphatic carbocycles. The Morgan fingerprint density at radius 2 is 1.96 bits per heavy atom. The third kappa shape index (κ3) is 11.6. The van der Waals surface area contributed by atoms with Gasteiger partial charge < -0.3 is 20.9 Å². The van der Waals surface area contributed by atoms with Crippen LogP contribution in [0.4, 0.5) is 0 Å². The van der Waals surface area contributed by atoms with Gasteiger partial charge in [0.2, 0.25) is 0 Å². The van der Waals surface area contributed by atoms with Crippen molar-refractivity contribution in [2.75, 3.05) is 18.6 Å². The smallest absolute Gasteiger partial charge is 0.323 e. The molecule has 8 nitrogen and oxygen atoms in total. The summed E-state index contributed by atoms with van der Waals surface area (Å²) in [6.07, 6.45) is 2.97. The average Bonchev–Trinajstić information content (AvgIpc) is 3.13. The molecule has 4 N–H and O–H groups in total. The van der Waals surface area contributed by atoms with Crippen LogP contribution in [0.25, 0.3) is 0 Å². The standard InChI is InChI=1S/C12H15NO2.C5H11NO4S.ClH/c14-12(11-7-4-8-13-11)15-9-10-5-2-1-3-6-10;1-11(9,10)3-2-4(6)5(7)8;/h1-3,5-6,11,13H,4,7-9H2;4H,2-3,6H2,1H3,(H,7,8);1H/t11-;4-;/m00./s1. The second kappa shape index (κ2) is 12.7. The van der Waals surface area contributed by atoms with Gasteiger partial charge in [-0.25, -0.2) is 8.42 Å². The van der Waals surface area contributed by atoms with E-state index in [4.69, 9.17) is 15.6 Å². The number of nitrogens with one attached hydrogen (secondary N) is 1. The third-order valence-corrected chi connectivity index (χ3v) is 4.66. The molecule has 1 aromatic carbocycles. The van der Waals surface area contributed by atoms with E-state index >= 15 is 0 Å². The molecular weight excluding hydrogens is 396 g/mol. The van der Waals surface area contributed by atoms with Crippen LogP contribution in [0.2, 0.25) is 0 Å². The minimum atomic E-state index is -3.10. The highest BCUT2D eigenvalue weighted by atomic mass is 35.5. The molecule has 0 aromatic heterocycles. The van der Waals surface area contributed by atoms with E-state index in [0.717, 1.165) is 31.2 Å². The first-order valence-corrected chi connectivity index (χ1v) is 10.3. The van der Waals surface area contributed by atoms with Crippen LogP contribution in [0.1, 0.15) is 24.8 Å². The molecule has 2 atom stereocenters. The second-order valence-electron chi connectivity index (χ2n) is 6.11. The minimum absolute atomic E-state index is 0. The second-order valence-corrected chi connectivity index (χ2v) is 8.37. The molecule has 1 aromatic rings. The predicted molar refractivity (Wildman–Crippen MR) is 104 cm³/mol. The van der Waals surface area contributed by atoms with Gasteiger partial charge in [0.1, 0.15) is 28.5 Å². The van der Waals surface area contributed by atoms with Crippen LogP contribution in [-0.2, 0) is 30.8 Å². The van der Waals surface area contributed by atoms with Crippen LogP contribution in [0.15, 0.2) is 30.3 Å². The van der Waals surface area contributed by atoms with Crippen LogP contribution >= 0.6 is 12.4 Å². The molecule has 0 bridgehead atoms. The fourth-order valence-electron chi connectivity index (χ4n) is 2.18. The number of carbonyl (C=O) groups is 2. The van der Waals surface area contributed by atoms with Gasteiger partial charge in [0.25, 0.3) is 0 Å². The lowest BCUT2D eigenvalue weighted by Gasteiger charge is -2.09. The van der Waals surface area contributed by atoms with E-state index in [1.165, 1.54) is 0 Å². The van der Waals surface area contributed by atoms with Crippen molar-refractivity contribution in [3.8, 4) is 0 Å². The molecule has 10 heteroatoms. The highest BCUT2D eigenvalue weighted by molar-refractivity contribution is 7.90. The Labute approximate surface area is 165 Å². The van der Waals surface area contributed by atoms with E-state index < -0.39 is 21.8 Å². The average molecular weight is 423 g/mol. The number of halogens is 1. The van der Waals surface area contributed by atoms with Gasteiger partial charge in [0.15, 0.2) is 0 Å². The van der Waals surface area contributed by atoms with Crippen molar-refractivity contribution in [2.45, 2.75) is 38.0 Å². The Morgan fingerprint density at radius 1 is 1.33 bits per heavy atom. The van der Waals surface area contributed by atoms with E-state index in [2.05, 4.69) is 5.32 Å². The van der Waals surface area contributed by atoms with E-state index in [1.807, 2.05) is 30.3 Å². The summed E-state index contributed by atoms with van der Waals surface area (Å²) in [7, 11) is -3.10. The molecule has 154 valence electrons. The summed E-state index contributed by atoms with van der Waals surface area (Å²) in [5.41, 5.74) is 6.09. The number of esters is 1. The van der Waals surface area contributed by atoms with Crippen molar-refractivity contribution in [1.29, 1.82) is 0 Å². The topological polar surface area (TPSA) is 136 Å². The van der Waals surface area contributed by atoms with Gasteiger partial charge in [-0.15, -0.1) is 12.4 Å². The number of nitrogens with two attached hydrogens (primary N) is 1. The van der Waals surface area contributed by atoms with Crippen LogP contribution < -0.4 is 11.1 Å². The Hall–Kier alpha value is -1.68. The SMILES string of the molecule is CS(=O)(=O)CC[C@H](N)C(=O)O.Cl.O=C(OCc1ccccc1)[C@@H]1CCCN1. The van der Waals surface area contributed by atoms with E-state index in [1.54, 1.807) is 0 Å². The van der Waals surface area contributed by atoms with Gasteiger partial charge in [0.05, 0.1) is 5.75 Å². The highest BCUT2D eigenvalue weighted by Gasteiger charge is 2.23. The van der Waals surface area contributed by atoms with Crippen LogP contribution in [0, 0.1) is 0 Å². The summed E-state index contributed by atoms with van der Waals surface area (Å²) in [6.45, 7) is 1.29. The van der Waals surface area contributed by atoms with E-state index in [0.29, 0.717) is 6.61 Å². The number of hydrogen-bond donors (Lipinski definition) is 3. The largest absolute Gasteiger partial charge is 0.480 e. The number of sulfone groups is 1. The molecule has 1 aliphatic rings. The van der Waals surface area contributed by atoms with Crippen LogP contribution in [-0.4, -0.2) is 56.1 Å². The van der Waals surface area contributed by atoms with Gasteiger partial charge in [-0.2, -0.15) is 0 Å². The molecule has 0 amide bonds. The van der Waals surface area contributed by atoms with Gasteiger partial charge >= 0.3 is 11.9 Å².